The number of nitrogens with zero attached hydrogens (tertiary/aromatic N) is 1. The van der Waals surface area contributed by atoms with Gasteiger partial charge in [-0.2, -0.15) is 0 Å². The van der Waals surface area contributed by atoms with Crippen LogP contribution in [0.3, 0.4) is 0 Å². The van der Waals surface area contributed by atoms with Crippen LogP contribution in [0.5, 0.6) is 0 Å². The molecule has 1 aromatic rings. The summed E-state index contributed by atoms with van der Waals surface area (Å²) in [5, 5.41) is 16.8. The molecule has 1 aromatic carbocycles. The average molecular weight is 364 g/mol. The van der Waals surface area contributed by atoms with E-state index in [1.54, 1.807) is 0 Å². The Balaban J connectivity index is 1.65. The molecule has 0 aromatic heterocycles. The number of aliphatic hydroxyl groups is 1. The smallest absolute Gasteiger partial charge is 0.191 e. The van der Waals surface area contributed by atoms with Crippen LogP contribution in [0.25, 0.3) is 0 Å². The summed E-state index contributed by atoms with van der Waals surface area (Å²) in [6, 6.07) is 7.90. The molecule has 0 bridgehead atoms. The number of aliphatic hydroxyl groups excluding tert-OH is 1. The van der Waals surface area contributed by atoms with Crippen molar-refractivity contribution >= 4 is 5.96 Å². The van der Waals surface area contributed by atoms with Crippen molar-refractivity contribution in [2.45, 2.75) is 32.8 Å². The Morgan fingerprint density at radius 2 is 2.15 bits per heavy atom. The summed E-state index contributed by atoms with van der Waals surface area (Å²) in [6.45, 7) is 9.18. The molecule has 1 saturated heterocycles. The summed E-state index contributed by atoms with van der Waals surface area (Å²) >= 11 is 0. The highest BCUT2D eigenvalue weighted by Gasteiger charge is 2.15. The lowest BCUT2D eigenvalue weighted by Crippen LogP contribution is -2.38. The van der Waals surface area contributed by atoms with Gasteiger partial charge in [0.05, 0.1) is 25.9 Å². The van der Waals surface area contributed by atoms with Gasteiger partial charge in [0.2, 0.25) is 0 Å². The minimum Gasteiger partial charge on any atom is -0.386 e. The summed E-state index contributed by atoms with van der Waals surface area (Å²) in [7, 11) is 0. The van der Waals surface area contributed by atoms with Crippen LogP contribution in [0, 0.1) is 12.8 Å². The molecule has 1 aliphatic heterocycles. The van der Waals surface area contributed by atoms with Crippen LogP contribution in [0.1, 0.15) is 37.0 Å². The van der Waals surface area contributed by atoms with Crippen molar-refractivity contribution in [1.29, 1.82) is 0 Å². The Bertz CT molecular complexity index is 528. The molecule has 26 heavy (non-hydrogen) atoms. The number of aliphatic imine (C=N–C) groups is 1. The Morgan fingerprint density at radius 1 is 1.35 bits per heavy atom. The lowest BCUT2D eigenvalue weighted by molar-refractivity contribution is 0.0888. The summed E-state index contributed by atoms with van der Waals surface area (Å²) < 4.78 is 11.0. The zero-order chi connectivity index (χ0) is 18.6. The van der Waals surface area contributed by atoms with E-state index in [1.165, 1.54) is 5.56 Å². The fraction of sp³-hybridized carbons (Fsp3) is 0.650. The summed E-state index contributed by atoms with van der Waals surface area (Å²) in [4.78, 5) is 4.48. The minimum atomic E-state index is -0.594. The molecule has 0 saturated carbocycles. The fourth-order valence-corrected chi connectivity index (χ4v) is 2.76. The highest BCUT2D eigenvalue weighted by molar-refractivity contribution is 5.79. The first-order valence-electron chi connectivity index (χ1n) is 9.61. The van der Waals surface area contributed by atoms with Crippen LogP contribution in [-0.4, -0.2) is 57.1 Å². The zero-order valence-corrected chi connectivity index (χ0v) is 16.0. The predicted molar refractivity (Wildman–Crippen MR) is 104 cm³/mol. The van der Waals surface area contributed by atoms with Crippen molar-refractivity contribution in [3.63, 3.8) is 0 Å². The van der Waals surface area contributed by atoms with Gasteiger partial charge in [0.1, 0.15) is 0 Å². The van der Waals surface area contributed by atoms with Crippen molar-refractivity contribution < 1.29 is 14.6 Å². The second kappa shape index (κ2) is 11.9. The van der Waals surface area contributed by atoms with E-state index in [9.17, 15) is 5.11 Å². The van der Waals surface area contributed by atoms with Crippen molar-refractivity contribution in [3.05, 3.63) is 35.4 Å². The van der Waals surface area contributed by atoms with E-state index in [1.807, 2.05) is 38.1 Å². The third-order valence-electron chi connectivity index (χ3n) is 4.36. The molecule has 0 radical (unpaired) electrons. The van der Waals surface area contributed by atoms with Crippen LogP contribution in [-0.2, 0) is 9.47 Å². The van der Waals surface area contributed by atoms with Gasteiger partial charge in [-0.1, -0.05) is 29.8 Å². The second-order valence-electron chi connectivity index (χ2n) is 6.73. The number of hydrogen-bond donors (Lipinski definition) is 3. The van der Waals surface area contributed by atoms with Crippen LogP contribution in [0.4, 0.5) is 0 Å². The van der Waals surface area contributed by atoms with Gasteiger partial charge in [-0.15, -0.1) is 0 Å². The number of guanidine groups is 1. The summed E-state index contributed by atoms with van der Waals surface area (Å²) in [5.41, 5.74) is 2.07. The fourth-order valence-electron chi connectivity index (χ4n) is 2.76. The number of rotatable bonds is 10. The van der Waals surface area contributed by atoms with Crippen LogP contribution in [0.15, 0.2) is 29.3 Å². The summed E-state index contributed by atoms with van der Waals surface area (Å²) in [6.07, 6.45) is 1.43. The molecule has 2 unspecified atom stereocenters. The van der Waals surface area contributed by atoms with Crippen LogP contribution < -0.4 is 10.6 Å². The van der Waals surface area contributed by atoms with E-state index in [2.05, 4.69) is 15.6 Å². The average Bonchev–Trinajstić information content (AvgIpc) is 3.16. The first kappa shape index (κ1) is 20.7. The van der Waals surface area contributed by atoms with E-state index >= 15 is 0 Å². The predicted octanol–water partition coefficient (Wildman–Crippen LogP) is 2.03. The zero-order valence-electron chi connectivity index (χ0n) is 16.0. The number of nitrogens with one attached hydrogen (secondary N) is 2. The first-order chi connectivity index (χ1) is 12.7. The van der Waals surface area contributed by atoms with E-state index < -0.39 is 6.10 Å². The molecule has 6 nitrogen and oxygen atoms in total. The van der Waals surface area contributed by atoms with Gasteiger partial charge < -0.3 is 25.2 Å². The Hall–Kier alpha value is -1.63. The lowest BCUT2D eigenvalue weighted by atomic mass is 10.1. The van der Waals surface area contributed by atoms with Gasteiger partial charge in [-0.3, -0.25) is 4.99 Å². The van der Waals surface area contributed by atoms with Crippen molar-refractivity contribution in [2.75, 3.05) is 46.1 Å². The molecular formula is C20H33N3O3. The molecule has 146 valence electrons. The third-order valence-corrected chi connectivity index (χ3v) is 4.36. The van der Waals surface area contributed by atoms with Gasteiger partial charge >= 0.3 is 0 Å². The second-order valence-corrected chi connectivity index (χ2v) is 6.73. The molecular weight excluding hydrogens is 330 g/mol. The maximum atomic E-state index is 10.3. The number of hydrogen-bond acceptors (Lipinski definition) is 4. The van der Waals surface area contributed by atoms with Crippen molar-refractivity contribution in [3.8, 4) is 0 Å². The third kappa shape index (κ3) is 7.72. The Morgan fingerprint density at radius 3 is 2.85 bits per heavy atom. The van der Waals surface area contributed by atoms with Gasteiger partial charge in [0.25, 0.3) is 0 Å². The molecule has 2 atom stereocenters. The SMILES string of the molecule is CCNC(=NCC(O)c1ccc(C)cc1)NCCCOCC1CCOC1. The highest BCUT2D eigenvalue weighted by Crippen LogP contribution is 2.14. The molecule has 3 N–H and O–H groups in total. The monoisotopic (exact) mass is 363 g/mol. The van der Waals surface area contributed by atoms with E-state index in [0.29, 0.717) is 12.5 Å². The number of benzene rings is 1. The quantitative estimate of drug-likeness (QED) is 0.337. The largest absolute Gasteiger partial charge is 0.386 e. The molecule has 1 heterocycles. The first-order valence-corrected chi connectivity index (χ1v) is 9.61. The maximum Gasteiger partial charge on any atom is 0.191 e. The Labute approximate surface area is 157 Å². The minimum absolute atomic E-state index is 0.330. The molecule has 1 aliphatic rings. The molecule has 0 amide bonds. The van der Waals surface area contributed by atoms with Crippen LogP contribution >= 0.6 is 0 Å². The molecule has 0 spiro atoms. The highest BCUT2D eigenvalue weighted by atomic mass is 16.5. The molecule has 1 fully saturated rings. The van der Waals surface area contributed by atoms with Gasteiger partial charge in [-0.25, -0.2) is 0 Å². The van der Waals surface area contributed by atoms with Gasteiger partial charge in [-0.05, 0) is 32.3 Å². The topological polar surface area (TPSA) is 75.1 Å². The Kier molecular flexibility index (Phi) is 9.45. The van der Waals surface area contributed by atoms with E-state index in [-0.39, 0.29) is 0 Å². The number of ether oxygens (including phenoxy) is 2. The number of aryl methyl sites for hydroxylation is 1. The van der Waals surface area contributed by atoms with Gasteiger partial charge in [0.15, 0.2) is 5.96 Å². The normalized spacial score (nSPS) is 18.7. The van der Waals surface area contributed by atoms with Crippen molar-refractivity contribution in [2.24, 2.45) is 10.9 Å². The standard InChI is InChI=1S/C20H33N3O3/c1-3-21-20(22-10-4-11-25-14-17-9-12-26-15-17)23-13-19(24)18-7-5-16(2)6-8-18/h5-8,17,19,24H,3-4,9-15H2,1-2H3,(H2,21,22,23). The molecule has 0 aliphatic carbocycles. The van der Waals surface area contributed by atoms with E-state index in [0.717, 1.165) is 63.9 Å². The van der Waals surface area contributed by atoms with Gasteiger partial charge in [0, 0.05) is 32.2 Å². The molecule has 2 rings (SSSR count). The molecule has 6 heteroatoms. The lowest BCUT2D eigenvalue weighted by Gasteiger charge is -2.14. The summed E-state index contributed by atoms with van der Waals surface area (Å²) in [5.74, 6) is 1.29. The van der Waals surface area contributed by atoms with Crippen molar-refractivity contribution in [1.82, 2.24) is 10.6 Å². The maximum absolute atomic E-state index is 10.3. The van der Waals surface area contributed by atoms with Crippen LogP contribution in [0.2, 0.25) is 0 Å². The van der Waals surface area contributed by atoms with E-state index in [4.69, 9.17) is 9.47 Å².